The Bertz CT molecular complexity index is 949. The largest absolute Gasteiger partial charge is 0.481 e. The maximum atomic E-state index is 12.1. The fraction of sp³-hybridized carbons (Fsp3) is 0.167. The van der Waals surface area contributed by atoms with Crippen LogP contribution in [0, 0.1) is 11.8 Å². The van der Waals surface area contributed by atoms with Gasteiger partial charge in [-0.3, -0.25) is 4.79 Å². The average Bonchev–Trinajstić information content (AvgIpc) is 2.58. The molecular weight excluding hydrogens is 376 g/mol. The zero-order chi connectivity index (χ0) is 19.0. The van der Waals surface area contributed by atoms with Gasteiger partial charge in [0.1, 0.15) is 12.4 Å². The molecule has 0 fully saturated rings. The van der Waals surface area contributed by atoms with E-state index >= 15 is 0 Å². The topological polar surface area (TPSA) is 84.5 Å². The number of sulfonamides is 1. The second kappa shape index (κ2) is 9.25. The highest BCUT2D eigenvalue weighted by Crippen LogP contribution is 2.17. The summed E-state index contributed by atoms with van der Waals surface area (Å²) in [4.78, 5) is 11.1. The van der Waals surface area contributed by atoms with E-state index in [1.807, 2.05) is 0 Å². The van der Waals surface area contributed by atoms with Crippen molar-refractivity contribution in [2.75, 3.05) is 18.5 Å². The van der Waals surface area contributed by atoms with Crippen molar-refractivity contribution in [3.63, 3.8) is 0 Å². The van der Waals surface area contributed by atoms with E-state index in [-0.39, 0.29) is 24.0 Å². The van der Waals surface area contributed by atoms with Crippen molar-refractivity contribution in [3.05, 3.63) is 53.6 Å². The molecule has 2 rings (SSSR count). The van der Waals surface area contributed by atoms with Crippen LogP contribution in [-0.2, 0) is 14.8 Å². The van der Waals surface area contributed by atoms with Crippen LogP contribution in [0.3, 0.4) is 0 Å². The van der Waals surface area contributed by atoms with E-state index in [1.54, 1.807) is 36.4 Å². The number of rotatable bonds is 6. The van der Waals surface area contributed by atoms with E-state index in [4.69, 9.17) is 16.3 Å². The van der Waals surface area contributed by atoms with E-state index in [2.05, 4.69) is 21.9 Å². The van der Waals surface area contributed by atoms with Crippen molar-refractivity contribution in [2.45, 2.75) is 11.8 Å². The van der Waals surface area contributed by atoms with Crippen molar-refractivity contribution >= 4 is 33.2 Å². The van der Waals surface area contributed by atoms with Crippen LogP contribution in [0.1, 0.15) is 6.92 Å². The van der Waals surface area contributed by atoms with Crippen LogP contribution in [0.15, 0.2) is 53.4 Å². The minimum atomic E-state index is -3.66. The SMILES string of the molecule is CC(=O)Nc1cccc(OCC#CCNS(=O)(=O)c2cccc(Cl)c2)c1. The van der Waals surface area contributed by atoms with Crippen molar-refractivity contribution < 1.29 is 17.9 Å². The third-order valence-corrected chi connectivity index (χ3v) is 4.68. The van der Waals surface area contributed by atoms with Gasteiger partial charge in [0.05, 0.1) is 11.4 Å². The van der Waals surface area contributed by atoms with Crippen LogP contribution in [-0.4, -0.2) is 27.5 Å². The van der Waals surface area contributed by atoms with Gasteiger partial charge in [-0.1, -0.05) is 35.6 Å². The average molecular weight is 393 g/mol. The first-order chi connectivity index (χ1) is 12.4. The van der Waals surface area contributed by atoms with Gasteiger partial charge in [0.2, 0.25) is 15.9 Å². The summed E-state index contributed by atoms with van der Waals surface area (Å²) in [5, 5.41) is 2.99. The molecular formula is C18H17ClN2O4S. The standard InChI is InChI=1S/C18H17ClN2O4S/c1-14(22)21-16-7-5-8-17(13-16)25-11-3-2-10-20-26(23,24)18-9-4-6-15(19)12-18/h4-9,12-13,20H,10-11H2,1H3,(H,21,22). The van der Waals surface area contributed by atoms with Gasteiger partial charge in [0.15, 0.2) is 0 Å². The summed E-state index contributed by atoms with van der Waals surface area (Å²) in [7, 11) is -3.66. The van der Waals surface area contributed by atoms with Gasteiger partial charge in [-0.05, 0) is 30.3 Å². The Morgan fingerprint density at radius 2 is 1.92 bits per heavy atom. The lowest BCUT2D eigenvalue weighted by molar-refractivity contribution is -0.114. The van der Waals surface area contributed by atoms with Crippen LogP contribution < -0.4 is 14.8 Å². The first kappa shape index (κ1) is 19.8. The van der Waals surface area contributed by atoms with Crippen molar-refractivity contribution in [1.82, 2.24) is 4.72 Å². The number of hydrogen-bond acceptors (Lipinski definition) is 4. The highest BCUT2D eigenvalue weighted by molar-refractivity contribution is 7.89. The molecule has 6 nitrogen and oxygen atoms in total. The number of amides is 1. The molecule has 136 valence electrons. The summed E-state index contributed by atoms with van der Waals surface area (Å²) in [6, 6.07) is 12.9. The molecule has 8 heteroatoms. The molecule has 0 atom stereocenters. The van der Waals surface area contributed by atoms with E-state index in [0.717, 1.165) is 0 Å². The van der Waals surface area contributed by atoms with Crippen molar-refractivity contribution in [3.8, 4) is 17.6 Å². The molecule has 0 spiro atoms. The summed E-state index contributed by atoms with van der Waals surface area (Å²) >= 11 is 5.79. The third kappa shape index (κ3) is 6.41. The lowest BCUT2D eigenvalue weighted by Crippen LogP contribution is -2.24. The van der Waals surface area contributed by atoms with Gasteiger partial charge in [-0.25, -0.2) is 8.42 Å². The number of ether oxygens (including phenoxy) is 1. The van der Waals surface area contributed by atoms with Gasteiger partial charge >= 0.3 is 0 Å². The van der Waals surface area contributed by atoms with E-state index in [0.29, 0.717) is 16.5 Å². The summed E-state index contributed by atoms with van der Waals surface area (Å²) in [6.45, 7) is 1.45. The summed E-state index contributed by atoms with van der Waals surface area (Å²) in [5.74, 6) is 5.77. The Labute approximate surface area is 157 Å². The molecule has 2 N–H and O–H groups in total. The second-order valence-corrected chi connectivity index (χ2v) is 7.34. The molecule has 1 amide bonds. The fourth-order valence-corrected chi connectivity index (χ4v) is 3.17. The quantitative estimate of drug-likeness (QED) is 0.740. The Hall–Kier alpha value is -2.53. The Balaban J connectivity index is 1.83. The van der Waals surface area contributed by atoms with Gasteiger partial charge in [-0.15, -0.1) is 0 Å². The molecule has 0 aliphatic carbocycles. The van der Waals surface area contributed by atoms with Crippen molar-refractivity contribution in [2.24, 2.45) is 0 Å². The first-order valence-corrected chi connectivity index (χ1v) is 9.44. The zero-order valence-electron chi connectivity index (χ0n) is 14.0. The molecule has 2 aromatic rings. The van der Waals surface area contributed by atoms with E-state index in [1.165, 1.54) is 19.1 Å². The Morgan fingerprint density at radius 1 is 1.15 bits per heavy atom. The third-order valence-electron chi connectivity index (χ3n) is 3.05. The predicted octanol–water partition coefficient (Wildman–Crippen LogP) is 2.66. The molecule has 0 unspecified atom stereocenters. The van der Waals surface area contributed by atoms with E-state index < -0.39 is 10.0 Å². The lowest BCUT2D eigenvalue weighted by atomic mass is 10.3. The molecule has 0 saturated carbocycles. The van der Waals surface area contributed by atoms with Crippen molar-refractivity contribution in [1.29, 1.82) is 0 Å². The number of hydrogen-bond donors (Lipinski definition) is 2. The fourth-order valence-electron chi connectivity index (χ4n) is 1.95. The molecule has 2 aromatic carbocycles. The molecule has 0 radical (unpaired) electrons. The Kier molecular flexibility index (Phi) is 7.04. The smallest absolute Gasteiger partial charge is 0.241 e. The van der Waals surface area contributed by atoms with Gasteiger partial charge in [0.25, 0.3) is 0 Å². The number of nitrogens with one attached hydrogen (secondary N) is 2. The normalized spacial score (nSPS) is 10.5. The first-order valence-electron chi connectivity index (χ1n) is 7.58. The molecule has 0 aromatic heterocycles. The minimum absolute atomic E-state index is 0.0514. The number of carbonyl (C=O) groups is 1. The van der Waals surface area contributed by atoms with Crippen LogP contribution in [0.5, 0.6) is 5.75 Å². The summed E-state index contributed by atoms with van der Waals surface area (Å²) in [6.07, 6.45) is 0. The van der Waals surface area contributed by atoms with Crippen LogP contribution in [0.25, 0.3) is 0 Å². The number of anilines is 1. The van der Waals surface area contributed by atoms with E-state index in [9.17, 15) is 13.2 Å². The minimum Gasteiger partial charge on any atom is -0.481 e. The van der Waals surface area contributed by atoms with Gasteiger partial charge in [0, 0.05) is 23.7 Å². The van der Waals surface area contributed by atoms with Crippen LogP contribution in [0.2, 0.25) is 5.02 Å². The molecule has 26 heavy (non-hydrogen) atoms. The monoisotopic (exact) mass is 392 g/mol. The van der Waals surface area contributed by atoms with Crippen LogP contribution >= 0.6 is 11.6 Å². The molecule has 0 aliphatic heterocycles. The summed E-state index contributed by atoms with van der Waals surface area (Å²) < 4.78 is 31.9. The predicted molar refractivity (Wildman–Crippen MR) is 101 cm³/mol. The van der Waals surface area contributed by atoms with Gasteiger partial charge < -0.3 is 10.1 Å². The number of carbonyl (C=O) groups excluding carboxylic acids is 1. The Morgan fingerprint density at radius 3 is 2.65 bits per heavy atom. The molecule has 0 saturated heterocycles. The summed E-state index contributed by atoms with van der Waals surface area (Å²) in [5.41, 5.74) is 0.622. The number of halogens is 1. The highest BCUT2D eigenvalue weighted by Gasteiger charge is 2.12. The zero-order valence-corrected chi connectivity index (χ0v) is 15.5. The molecule has 0 aliphatic rings. The molecule has 0 heterocycles. The molecule has 0 bridgehead atoms. The highest BCUT2D eigenvalue weighted by atomic mass is 35.5. The second-order valence-electron chi connectivity index (χ2n) is 5.13. The van der Waals surface area contributed by atoms with Crippen LogP contribution in [0.4, 0.5) is 5.69 Å². The number of benzene rings is 2. The van der Waals surface area contributed by atoms with Gasteiger partial charge in [-0.2, -0.15) is 4.72 Å². The maximum absolute atomic E-state index is 12.1. The lowest BCUT2D eigenvalue weighted by Gasteiger charge is -2.05. The maximum Gasteiger partial charge on any atom is 0.241 e.